The summed E-state index contributed by atoms with van der Waals surface area (Å²) >= 11 is 3.47. The zero-order valence-electron chi connectivity index (χ0n) is 26.1. The number of hydrogen-bond donors (Lipinski definition) is 1. The minimum absolute atomic E-state index is 0.0766. The first-order valence-electron chi connectivity index (χ1n) is 15.0. The van der Waals surface area contributed by atoms with Gasteiger partial charge in [0, 0.05) is 24.0 Å². The van der Waals surface area contributed by atoms with Crippen LogP contribution in [0.5, 0.6) is 0 Å². The fourth-order valence-electron chi connectivity index (χ4n) is 5.08. The van der Waals surface area contributed by atoms with Crippen LogP contribution in [0.15, 0.2) is 112 Å². The van der Waals surface area contributed by atoms with Gasteiger partial charge in [-0.2, -0.15) is 0 Å². The maximum atomic E-state index is 14.6. The minimum Gasteiger partial charge on any atom is -0.354 e. The number of nitrogens with zero attached hydrogens (tertiary/aromatic N) is 2. The van der Waals surface area contributed by atoms with Crippen LogP contribution in [0.4, 0.5) is 5.69 Å². The van der Waals surface area contributed by atoms with E-state index in [9.17, 15) is 18.0 Å². The third-order valence-corrected chi connectivity index (χ3v) is 9.76. The Morgan fingerprint density at radius 2 is 1.44 bits per heavy atom. The van der Waals surface area contributed by atoms with Crippen molar-refractivity contribution < 1.29 is 18.0 Å². The van der Waals surface area contributed by atoms with Gasteiger partial charge in [0.1, 0.15) is 12.6 Å². The number of amides is 2. The fourth-order valence-corrected chi connectivity index (χ4v) is 6.85. The van der Waals surface area contributed by atoms with Gasteiger partial charge in [0.2, 0.25) is 11.8 Å². The van der Waals surface area contributed by atoms with E-state index in [1.54, 1.807) is 24.3 Å². The molecule has 1 N–H and O–H groups in total. The molecule has 0 spiro atoms. The molecule has 0 radical (unpaired) electrons. The summed E-state index contributed by atoms with van der Waals surface area (Å²) in [7, 11) is -4.14. The first-order valence-corrected chi connectivity index (χ1v) is 17.2. The number of rotatable bonds is 13. The lowest BCUT2D eigenvalue weighted by Gasteiger charge is -2.34. The maximum absolute atomic E-state index is 14.6. The lowest BCUT2D eigenvalue weighted by atomic mass is 10.0. The van der Waals surface area contributed by atoms with Crippen LogP contribution in [0.25, 0.3) is 0 Å². The Balaban J connectivity index is 1.81. The quantitative estimate of drug-likeness (QED) is 0.170. The average molecular weight is 691 g/mol. The Kier molecular flexibility index (Phi) is 11.6. The number of aryl methyl sites for hydroxylation is 2. The summed E-state index contributed by atoms with van der Waals surface area (Å²) in [4.78, 5) is 30.0. The van der Waals surface area contributed by atoms with E-state index in [0.29, 0.717) is 12.2 Å². The second kappa shape index (κ2) is 15.4. The van der Waals surface area contributed by atoms with E-state index in [0.717, 1.165) is 26.7 Å². The van der Waals surface area contributed by atoms with Crippen molar-refractivity contribution in [3.63, 3.8) is 0 Å². The molecule has 0 aliphatic rings. The van der Waals surface area contributed by atoms with Gasteiger partial charge in [-0.1, -0.05) is 108 Å². The van der Waals surface area contributed by atoms with Crippen LogP contribution in [-0.4, -0.2) is 44.3 Å². The van der Waals surface area contributed by atoms with Crippen molar-refractivity contribution in [3.05, 3.63) is 130 Å². The molecule has 0 aromatic heterocycles. The molecule has 0 unspecified atom stereocenters. The number of sulfonamides is 1. The second-order valence-electron chi connectivity index (χ2n) is 11.6. The molecule has 0 fully saturated rings. The Morgan fingerprint density at radius 3 is 2.04 bits per heavy atom. The summed E-state index contributed by atoms with van der Waals surface area (Å²) in [6.07, 6.45) is 0.266. The molecule has 4 rings (SSSR count). The summed E-state index contributed by atoms with van der Waals surface area (Å²) in [6, 6.07) is 29.7. The summed E-state index contributed by atoms with van der Waals surface area (Å²) in [5, 5.41) is 3.02. The van der Waals surface area contributed by atoms with E-state index in [4.69, 9.17) is 0 Å². The highest BCUT2D eigenvalue weighted by Crippen LogP contribution is 2.28. The molecule has 7 nitrogen and oxygen atoms in total. The highest BCUT2D eigenvalue weighted by molar-refractivity contribution is 9.10. The number of nitrogens with one attached hydrogen (secondary N) is 1. The Morgan fingerprint density at radius 1 is 0.822 bits per heavy atom. The van der Waals surface area contributed by atoms with Gasteiger partial charge in [0.25, 0.3) is 10.0 Å². The van der Waals surface area contributed by atoms with Crippen molar-refractivity contribution in [2.75, 3.05) is 17.4 Å². The van der Waals surface area contributed by atoms with Gasteiger partial charge in [0.15, 0.2) is 0 Å². The number of carbonyl (C=O) groups excluding carboxylic acids is 2. The number of carbonyl (C=O) groups is 2. The fraction of sp³-hybridized carbons (Fsp3) is 0.278. The van der Waals surface area contributed by atoms with Crippen LogP contribution in [0.3, 0.4) is 0 Å². The topological polar surface area (TPSA) is 86.8 Å². The van der Waals surface area contributed by atoms with Crippen molar-refractivity contribution >= 4 is 43.5 Å². The highest BCUT2D eigenvalue weighted by Gasteiger charge is 2.35. The molecule has 2 amide bonds. The summed E-state index contributed by atoms with van der Waals surface area (Å²) in [6.45, 7) is 7.85. The minimum atomic E-state index is -4.14. The van der Waals surface area contributed by atoms with Gasteiger partial charge in [-0.05, 0) is 66.8 Å². The predicted molar refractivity (Wildman–Crippen MR) is 183 cm³/mol. The number of benzene rings is 4. The van der Waals surface area contributed by atoms with Crippen LogP contribution in [0.2, 0.25) is 0 Å². The largest absolute Gasteiger partial charge is 0.354 e. The van der Waals surface area contributed by atoms with E-state index in [-0.39, 0.29) is 29.7 Å². The van der Waals surface area contributed by atoms with Crippen molar-refractivity contribution in [3.8, 4) is 0 Å². The van der Waals surface area contributed by atoms with Gasteiger partial charge < -0.3 is 10.2 Å². The Hall–Kier alpha value is -3.95. The molecule has 0 bridgehead atoms. The molecule has 1 atom stereocenters. The maximum Gasteiger partial charge on any atom is 0.264 e. The lowest BCUT2D eigenvalue weighted by molar-refractivity contribution is -0.140. The number of anilines is 1. The molecule has 236 valence electrons. The summed E-state index contributed by atoms with van der Waals surface area (Å²) in [5.41, 5.74) is 3.80. The van der Waals surface area contributed by atoms with Gasteiger partial charge in [0.05, 0.1) is 10.6 Å². The van der Waals surface area contributed by atoms with Crippen molar-refractivity contribution in [2.24, 2.45) is 5.92 Å². The third-order valence-electron chi connectivity index (χ3n) is 7.45. The molecule has 0 saturated carbocycles. The normalized spacial score (nSPS) is 12.0. The van der Waals surface area contributed by atoms with Gasteiger partial charge in [-0.25, -0.2) is 8.42 Å². The van der Waals surface area contributed by atoms with Crippen LogP contribution in [-0.2, 0) is 32.6 Å². The van der Waals surface area contributed by atoms with E-state index in [2.05, 4.69) is 21.2 Å². The molecule has 9 heteroatoms. The molecular formula is C36H40BrN3O4S. The van der Waals surface area contributed by atoms with Crippen molar-refractivity contribution in [1.29, 1.82) is 0 Å². The van der Waals surface area contributed by atoms with Gasteiger partial charge in [-0.15, -0.1) is 0 Å². The van der Waals surface area contributed by atoms with Crippen LogP contribution in [0, 0.1) is 19.8 Å². The summed E-state index contributed by atoms with van der Waals surface area (Å²) < 4.78 is 30.4. The highest BCUT2D eigenvalue weighted by atomic mass is 79.9. The molecule has 4 aromatic rings. The second-order valence-corrected chi connectivity index (χ2v) is 14.4. The molecule has 4 aromatic carbocycles. The van der Waals surface area contributed by atoms with E-state index in [1.165, 1.54) is 21.3 Å². The van der Waals surface area contributed by atoms with Gasteiger partial charge in [-0.3, -0.25) is 13.9 Å². The third kappa shape index (κ3) is 9.05. The predicted octanol–water partition coefficient (Wildman–Crippen LogP) is 6.67. The number of hydrogen-bond acceptors (Lipinski definition) is 4. The lowest BCUT2D eigenvalue weighted by Crippen LogP contribution is -2.53. The van der Waals surface area contributed by atoms with E-state index in [1.807, 2.05) is 94.4 Å². The Bertz CT molecular complexity index is 1700. The molecular weight excluding hydrogens is 650 g/mol. The number of halogens is 1. The summed E-state index contributed by atoms with van der Waals surface area (Å²) in [5.74, 6) is -0.571. The molecule has 0 aliphatic carbocycles. The van der Waals surface area contributed by atoms with Gasteiger partial charge >= 0.3 is 0 Å². The zero-order valence-corrected chi connectivity index (χ0v) is 28.5. The first kappa shape index (κ1) is 33.9. The van der Waals surface area contributed by atoms with E-state index >= 15 is 0 Å². The smallest absolute Gasteiger partial charge is 0.264 e. The van der Waals surface area contributed by atoms with Crippen LogP contribution in [0.1, 0.15) is 36.1 Å². The van der Waals surface area contributed by atoms with Crippen LogP contribution < -0.4 is 9.62 Å². The zero-order chi connectivity index (χ0) is 32.6. The molecule has 0 saturated heterocycles. The van der Waals surface area contributed by atoms with Crippen molar-refractivity contribution in [2.45, 2.75) is 51.6 Å². The molecule has 0 aliphatic heterocycles. The Labute approximate surface area is 275 Å². The van der Waals surface area contributed by atoms with Crippen LogP contribution >= 0.6 is 15.9 Å². The SMILES string of the molecule is Cc1ccc(N(CC(=O)N(Cc2ccc(Br)cc2)[C@H](Cc2ccccc2)C(=O)NCC(C)C)S(=O)(=O)c2ccccc2)c(C)c1. The van der Waals surface area contributed by atoms with Crippen molar-refractivity contribution in [1.82, 2.24) is 10.2 Å². The standard InChI is InChI=1S/C36H40BrN3O4S/c1-26(2)23-38-36(42)34(22-29-11-7-5-8-12-29)39(24-30-16-18-31(37)19-17-30)35(41)25-40(33-20-15-27(3)21-28(33)4)45(43,44)32-13-9-6-10-14-32/h5-21,26,34H,22-25H2,1-4H3,(H,38,42)/t34-/m1/s1. The van der Waals surface area contributed by atoms with E-state index < -0.39 is 28.5 Å². The molecule has 45 heavy (non-hydrogen) atoms. The molecule has 0 heterocycles. The first-order chi connectivity index (χ1) is 21.5. The average Bonchev–Trinajstić information content (AvgIpc) is 3.02. The monoisotopic (exact) mass is 689 g/mol.